The lowest BCUT2D eigenvalue weighted by Gasteiger charge is -2.16. The number of Topliss-reactive ketones (excluding diaryl/α,β-unsaturated/α-hetero) is 1. The van der Waals surface area contributed by atoms with Gasteiger partial charge >= 0.3 is 0 Å². The molecule has 3 aromatic rings. The first-order valence-corrected chi connectivity index (χ1v) is 10.3. The lowest BCUT2D eigenvalue weighted by molar-refractivity contribution is -0.117. The fourth-order valence-electron chi connectivity index (χ4n) is 3.39. The Kier molecular flexibility index (Phi) is 5.38. The van der Waals surface area contributed by atoms with Gasteiger partial charge in [0.15, 0.2) is 11.7 Å². The molecule has 1 amide bonds. The minimum absolute atomic E-state index is 0.0853. The van der Waals surface area contributed by atoms with Crippen LogP contribution in [0.4, 0.5) is 5.69 Å². The number of aromatic nitrogens is 1. The van der Waals surface area contributed by atoms with Crippen molar-refractivity contribution in [2.24, 2.45) is 0 Å². The molecule has 146 valence electrons. The van der Waals surface area contributed by atoms with Crippen LogP contribution in [0.5, 0.6) is 0 Å². The highest BCUT2D eigenvalue weighted by molar-refractivity contribution is 7.10. The molecule has 1 fully saturated rings. The maximum atomic E-state index is 12.9. The van der Waals surface area contributed by atoms with Crippen molar-refractivity contribution in [2.75, 3.05) is 11.4 Å². The Labute approximate surface area is 177 Å². The lowest BCUT2D eigenvalue weighted by atomic mass is 9.99. The summed E-state index contributed by atoms with van der Waals surface area (Å²) in [7, 11) is 0. The Balaban J connectivity index is 1.54. The van der Waals surface area contributed by atoms with Crippen molar-refractivity contribution in [2.45, 2.75) is 18.8 Å². The molecular weight excluding hydrogens is 396 g/mol. The number of thiazole rings is 1. The highest BCUT2D eigenvalue weighted by Crippen LogP contribution is 2.29. The van der Waals surface area contributed by atoms with Gasteiger partial charge in [-0.2, -0.15) is 10.5 Å². The number of anilines is 1. The molecule has 2 heterocycles. The van der Waals surface area contributed by atoms with Crippen LogP contribution < -0.4 is 4.90 Å². The molecule has 0 spiro atoms. The van der Waals surface area contributed by atoms with E-state index in [2.05, 4.69) is 17.1 Å². The van der Waals surface area contributed by atoms with Crippen molar-refractivity contribution in [3.63, 3.8) is 0 Å². The van der Waals surface area contributed by atoms with E-state index in [1.165, 1.54) is 11.3 Å². The van der Waals surface area contributed by atoms with Crippen LogP contribution in [0, 0.1) is 22.7 Å². The molecule has 4 rings (SSSR count). The quantitative estimate of drug-likeness (QED) is 0.582. The third-order valence-corrected chi connectivity index (χ3v) is 5.92. The Bertz CT molecular complexity index is 1180. The summed E-state index contributed by atoms with van der Waals surface area (Å²) in [5.74, 6) is -1.24. The third-order valence-electron chi connectivity index (χ3n) is 5.01. The van der Waals surface area contributed by atoms with Crippen LogP contribution in [0.1, 0.15) is 39.7 Å². The topological polar surface area (TPSA) is 97.9 Å². The van der Waals surface area contributed by atoms with Gasteiger partial charge in [-0.1, -0.05) is 12.1 Å². The summed E-state index contributed by atoms with van der Waals surface area (Å²) in [6, 6.07) is 17.9. The zero-order valence-corrected chi connectivity index (χ0v) is 16.7. The first-order chi connectivity index (χ1) is 14.6. The van der Waals surface area contributed by atoms with E-state index in [0.29, 0.717) is 34.8 Å². The standard InChI is InChI=1S/C23H16N4O2S/c24-12-15-3-5-16(6-4-15)20-14-30-23(26-20)19(13-25)22(29)17-7-9-18(10-8-17)27-11-1-2-21(27)28/h3-10,14,19H,1-2,11H2. The van der Waals surface area contributed by atoms with Crippen molar-refractivity contribution < 1.29 is 9.59 Å². The Morgan fingerprint density at radius 1 is 1.10 bits per heavy atom. The zero-order chi connectivity index (χ0) is 21.1. The minimum atomic E-state index is -0.999. The van der Waals surface area contributed by atoms with E-state index in [9.17, 15) is 14.9 Å². The summed E-state index contributed by atoms with van der Waals surface area (Å²) < 4.78 is 0. The Morgan fingerprint density at radius 3 is 2.43 bits per heavy atom. The van der Waals surface area contributed by atoms with Crippen molar-refractivity contribution in [3.05, 3.63) is 70.0 Å². The first kappa shape index (κ1) is 19.5. The molecule has 1 aliphatic rings. The molecular formula is C23H16N4O2S. The number of nitriles is 2. The number of hydrogen-bond donors (Lipinski definition) is 0. The van der Waals surface area contributed by atoms with Crippen molar-refractivity contribution in [1.82, 2.24) is 4.98 Å². The Hall–Kier alpha value is -3.81. The van der Waals surface area contributed by atoms with Crippen LogP contribution in [-0.2, 0) is 4.79 Å². The SMILES string of the molecule is N#Cc1ccc(-c2csc(C(C#N)C(=O)c3ccc(N4CCCC4=O)cc3)n2)cc1. The van der Waals surface area contributed by atoms with Gasteiger partial charge in [-0.3, -0.25) is 9.59 Å². The van der Waals surface area contributed by atoms with E-state index >= 15 is 0 Å². The van der Waals surface area contributed by atoms with Gasteiger partial charge in [0.1, 0.15) is 5.01 Å². The van der Waals surface area contributed by atoms with Crippen LogP contribution in [0.25, 0.3) is 11.3 Å². The fraction of sp³-hybridized carbons (Fsp3) is 0.174. The summed E-state index contributed by atoms with van der Waals surface area (Å²) in [4.78, 5) is 31.0. The van der Waals surface area contributed by atoms with Crippen molar-refractivity contribution in [3.8, 4) is 23.4 Å². The predicted molar refractivity (Wildman–Crippen MR) is 113 cm³/mol. The zero-order valence-electron chi connectivity index (χ0n) is 15.9. The highest BCUT2D eigenvalue weighted by atomic mass is 32.1. The largest absolute Gasteiger partial charge is 0.312 e. The summed E-state index contributed by atoms with van der Waals surface area (Å²) in [5.41, 5.74) is 3.21. The van der Waals surface area contributed by atoms with Crippen LogP contribution in [0.15, 0.2) is 53.9 Å². The average molecular weight is 412 g/mol. The fourth-order valence-corrected chi connectivity index (χ4v) is 4.26. The van der Waals surface area contributed by atoms with Gasteiger partial charge in [0.05, 0.1) is 23.4 Å². The number of benzene rings is 2. The summed E-state index contributed by atoms with van der Waals surface area (Å²) >= 11 is 1.26. The molecule has 6 nitrogen and oxygen atoms in total. The number of ketones is 1. The highest BCUT2D eigenvalue weighted by Gasteiger charge is 2.26. The number of nitrogens with zero attached hydrogens (tertiary/aromatic N) is 4. The minimum Gasteiger partial charge on any atom is -0.312 e. The van der Waals surface area contributed by atoms with E-state index in [1.54, 1.807) is 58.8 Å². The molecule has 0 N–H and O–H groups in total. The predicted octanol–water partition coefficient (Wildman–Crippen LogP) is 4.30. The second-order valence-corrected chi connectivity index (χ2v) is 7.77. The molecule has 0 radical (unpaired) electrons. The van der Waals surface area contributed by atoms with Gasteiger partial charge in [-0.15, -0.1) is 11.3 Å². The van der Waals surface area contributed by atoms with Gasteiger partial charge in [-0.05, 0) is 42.8 Å². The maximum Gasteiger partial charge on any atom is 0.227 e. The Morgan fingerprint density at radius 2 is 1.83 bits per heavy atom. The third kappa shape index (κ3) is 3.71. The normalized spacial score (nSPS) is 14.2. The molecule has 0 aliphatic carbocycles. The van der Waals surface area contributed by atoms with Crippen LogP contribution in [0.3, 0.4) is 0 Å². The molecule has 2 aromatic carbocycles. The monoisotopic (exact) mass is 412 g/mol. The second-order valence-electron chi connectivity index (χ2n) is 6.88. The van der Waals surface area contributed by atoms with E-state index < -0.39 is 5.92 Å². The second kappa shape index (κ2) is 8.28. The lowest BCUT2D eigenvalue weighted by Crippen LogP contribution is -2.23. The van der Waals surface area contributed by atoms with Crippen LogP contribution in [-0.4, -0.2) is 23.2 Å². The molecule has 7 heteroatoms. The molecule has 1 aromatic heterocycles. The molecule has 30 heavy (non-hydrogen) atoms. The average Bonchev–Trinajstić information content (AvgIpc) is 3.44. The molecule has 0 bridgehead atoms. The molecule has 1 unspecified atom stereocenters. The van der Waals surface area contributed by atoms with E-state index in [1.807, 2.05) is 0 Å². The van der Waals surface area contributed by atoms with Gasteiger partial charge in [0, 0.05) is 35.2 Å². The van der Waals surface area contributed by atoms with Gasteiger partial charge in [0.2, 0.25) is 5.91 Å². The summed E-state index contributed by atoms with van der Waals surface area (Å²) in [6.07, 6.45) is 1.38. The van der Waals surface area contributed by atoms with E-state index in [0.717, 1.165) is 17.7 Å². The summed E-state index contributed by atoms with van der Waals surface area (Å²) in [6.45, 7) is 0.685. The number of carbonyl (C=O) groups excluding carboxylic acids is 2. The maximum absolute atomic E-state index is 12.9. The van der Waals surface area contributed by atoms with Gasteiger partial charge in [0.25, 0.3) is 0 Å². The number of amides is 1. The molecule has 1 saturated heterocycles. The van der Waals surface area contributed by atoms with E-state index in [4.69, 9.17) is 5.26 Å². The van der Waals surface area contributed by atoms with Gasteiger partial charge in [-0.25, -0.2) is 4.98 Å². The van der Waals surface area contributed by atoms with Crippen molar-refractivity contribution >= 4 is 28.7 Å². The molecule has 1 atom stereocenters. The van der Waals surface area contributed by atoms with Gasteiger partial charge < -0.3 is 4.90 Å². The van der Waals surface area contributed by atoms with Crippen LogP contribution in [0.2, 0.25) is 0 Å². The number of hydrogen-bond acceptors (Lipinski definition) is 6. The number of rotatable bonds is 5. The molecule has 0 saturated carbocycles. The van der Waals surface area contributed by atoms with E-state index in [-0.39, 0.29) is 11.7 Å². The van der Waals surface area contributed by atoms with Crippen LogP contribution >= 0.6 is 11.3 Å². The van der Waals surface area contributed by atoms with Crippen molar-refractivity contribution in [1.29, 1.82) is 10.5 Å². The first-order valence-electron chi connectivity index (χ1n) is 9.41. The number of carbonyl (C=O) groups is 2. The molecule has 1 aliphatic heterocycles. The smallest absolute Gasteiger partial charge is 0.227 e. The summed E-state index contributed by atoms with van der Waals surface area (Å²) in [5, 5.41) is 20.8.